The molecule has 81 heavy (non-hydrogen) atoms. The van der Waals surface area contributed by atoms with Crippen LogP contribution >= 0.6 is 7.82 Å². The van der Waals surface area contributed by atoms with Crippen LogP contribution in [0, 0.1) is 0 Å². The summed E-state index contributed by atoms with van der Waals surface area (Å²) < 4.78 is 23.8. The van der Waals surface area contributed by atoms with Crippen molar-refractivity contribution in [2.45, 2.75) is 353 Å². The second-order valence-corrected chi connectivity index (χ2v) is 26.7. The van der Waals surface area contributed by atoms with E-state index >= 15 is 0 Å². The summed E-state index contributed by atoms with van der Waals surface area (Å²) in [6.45, 7) is 4.82. The molecule has 0 heterocycles. The van der Waals surface area contributed by atoms with E-state index in [1.54, 1.807) is 6.08 Å². The molecule has 0 spiro atoms. The standard InChI is InChI=1S/C72H137N2O6P/c1-6-8-10-12-14-16-18-20-22-24-26-27-28-29-30-31-32-33-34-35-36-37-38-39-40-41-42-43-44-45-46-47-48-50-52-54-56-58-60-62-64-66-72(76)73-70(69-80-81(77,78)79-68-67-74(3,4)5)71(75)65-63-61-59-57-55-53-51-49-25-23-21-19-17-15-13-11-9-7-2/h18,20,24,26,28-29,55,57,63,65,70-71,75H,6-17,19,21-23,25,27,30-54,56,58-62,64,66-69H2,1-5H3,(H-,73,76,77,78)/p+1/b20-18-,26-24-,29-28-,57-55+,65-63+. The SMILES string of the molecule is CCCCCCC/C=C\C/C=C\C/C=C\CCCCCCCCCCCCCCCCCCCCCCCCCCCCC(=O)NC(COP(=O)(O)OCC[N+](C)(C)C)C(O)/C=C/CC/C=C/CCCCCCCCCCCCCC. The highest BCUT2D eigenvalue weighted by molar-refractivity contribution is 7.47. The highest BCUT2D eigenvalue weighted by Crippen LogP contribution is 2.43. The number of nitrogens with one attached hydrogen (secondary N) is 1. The van der Waals surface area contributed by atoms with Gasteiger partial charge in [0.15, 0.2) is 0 Å². The third-order valence-corrected chi connectivity index (χ3v) is 16.9. The average Bonchev–Trinajstić information content (AvgIpc) is 3.43. The van der Waals surface area contributed by atoms with Crippen LogP contribution in [-0.2, 0) is 18.4 Å². The van der Waals surface area contributed by atoms with E-state index < -0.39 is 20.0 Å². The fourth-order valence-electron chi connectivity index (χ4n) is 10.5. The molecule has 0 saturated heterocycles. The maximum absolute atomic E-state index is 13.0. The normalized spacial score (nSPS) is 14.0. The van der Waals surface area contributed by atoms with Gasteiger partial charge in [0.25, 0.3) is 0 Å². The molecule has 0 aliphatic heterocycles. The minimum Gasteiger partial charge on any atom is -0.387 e. The first-order chi connectivity index (χ1) is 39.5. The second kappa shape index (κ2) is 62.7. The number of aliphatic hydroxyl groups excluding tert-OH is 1. The zero-order valence-corrected chi connectivity index (χ0v) is 55.4. The number of quaternary nitrogens is 1. The van der Waals surface area contributed by atoms with Crippen molar-refractivity contribution in [3.8, 4) is 0 Å². The first kappa shape index (κ1) is 79.2. The van der Waals surface area contributed by atoms with Crippen LogP contribution in [-0.4, -0.2) is 73.4 Å². The summed E-state index contributed by atoms with van der Waals surface area (Å²) in [5, 5.41) is 14.0. The van der Waals surface area contributed by atoms with Crippen LogP contribution in [0.25, 0.3) is 0 Å². The Morgan fingerprint density at radius 1 is 0.420 bits per heavy atom. The number of rotatable bonds is 65. The number of amides is 1. The molecular formula is C72H138N2O6P+. The molecule has 1 amide bonds. The quantitative estimate of drug-likeness (QED) is 0.0243. The summed E-state index contributed by atoms with van der Waals surface area (Å²) in [6.07, 6.45) is 86.7. The Morgan fingerprint density at radius 2 is 0.716 bits per heavy atom. The first-order valence-corrected chi connectivity index (χ1v) is 36.7. The second-order valence-electron chi connectivity index (χ2n) is 25.3. The number of phosphoric ester groups is 1. The lowest BCUT2D eigenvalue weighted by molar-refractivity contribution is -0.870. The predicted octanol–water partition coefficient (Wildman–Crippen LogP) is 22.4. The number of carbonyl (C=O) groups is 1. The van der Waals surface area contributed by atoms with Crippen molar-refractivity contribution in [3.05, 3.63) is 60.8 Å². The molecule has 0 aromatic carbocycles. The van der Waals surface area contributed by atoms with Gasteiger partial charge in [-0.1, -0.05) is 325 Å². The Kier molecular flexibility index (Phi) is 61.3. The molecule has 3 atom stereocenters. The van der Waals surface area contributed by atoms with Gasteiger partial charge in [0.05, 0.1) is 39.9 Å². The lowest BCUT2D eigenvalue weighted by Crippen LogP contribution is -2.45. The summed E-state index contributed by atoms with van der Waals surface area (Å²) in [5.74, 6) is -0.181. The molecule has 0 rings (SSSR count). The van der Waals surface area contributed by atoms with E-state index in [4.69, 9.17) is 9.05 Å². The topological polar surface area (TPSA) is 105 Å². The fourth-order valence-corrected chi connectivity index (χ4v) is 11.2. The van der Waals surface area contributed by atoms with Crippen molar-refractivity contribution < 1.29 is 32.9 Å². The van der Waals surface area contributed by atoms with Gasteiger partial charge in [-0.05, 0) is 70.6 Å². The molecule has 9 heteroatoms. The molecule has 0 aliphatic rings. The lowest BCUT2D eigenvalue weighted by Gasteiger charge is -2.25. The summed E-state index contributed by atoms with van der Waals surface area (Å²) in [5.41, 5.74) is 0. The molecule has 0 saturated carbocycles. The minimum atomic E-state index is -4.36. The van der Waals surface area contributed by atoms with Crippen LogP contribution in [0.3, 0.4) is 0 Å². The lowest BCUT2D eigenvalue weighted by atomic mass is 10.0. The van der Waals surface area contributed by atoms with Crippen molar-refractivity contribution in [3.63, 3.8) is 0 Å². The number of carbonyl (C=O) groups excluding carboxylic acids is 1. The van der Waals surface area contributed by atoms with E-state index in [0.717, 1.165) is 51.4 Å². The smallest absolute Gasteiger partial charge is 0.387 e. The Morgan fingerprint density at radius 3 is 1.07 bits per heavy atom. The van der Waals surface area contributed by atoms with Gasteiger partial charge in [-0.2, -0.15) is 0 Å². The molecule has 8 nitrogen and oxygen atoms in total. The maximum Gasteiger partial charge on any atom is 0.472 e. The van der Waals surface area contributed by atoms with Crippen molar-refractivity contribution >= 4 is 13.7 Å². The van der Waals surface area contributed by atoms with Gasteiger partial charge in [-0.25, -0.2) is 4.57 Å². The van der Waals surface area contributed by atoms with Crippen molar-refractivity contribution in [1.82, 2.24) is 5.32 Å². The van der Waals surface area contributed by atoms with E-state index in [-0.39, 0.29) is 19.1 Å². The van der Waals surface area contributed by atoms with Gasteiger partial charge in [0.2, 0.25) is 5.91 Å². The Hall–Kier alpha value is -1.80. The van der Waals surface area contributed by atoms with Crippen LogP contribution in [0.2, 0.25) is 0 Å². The van der Waals surface area contributed by atoms with Crippen LogP contribution in [0.4, 0.5) is 0 Å². The molecule has 3 unspecified atom stereocenters. The van der Waals surface area contributed by atoms with Crippen molar-refractivity contribution in [2.75, 3.05) is 40.9 Å². The minimum absolute atomic E-state index is 0.0571. The highest BCUT2D eigenvalue weighted by atomic mass is 31.2. The number of allylic oxidation sites excluding steroid dienone is 9. The summed E-state index contributed by atoms with van der Waals surface area (Å²) in [4.78, 5) is 23.4. The van der Waals surface area contributed by atoms with E-state index in [9.17, 15) is 19.4 Å². The average molecular weight is 1160 g/mol. The van der Waals surface area contributed by atoms with Gasteiger partial charge in [0, 0.05) is 6.42 Å². The first-order valence-electron chi connectivity index (χ1n) is 35.2. The highest BCUT2D eigenvalue weighted by Gasteiger charge is 2.28. The maximum atomic E-state index is 13.0. The molecule has 0 aromatic heterocycles. The van der Waals surface area contributed by atoms with Gasteiger partial charge < -0.3 is 19.8 Å². The summed E-state index contributed by atoms with van der Waals surface area (Å²) in [7, 11) is 1.57. The molecule has 3 N–H and O–H groups in total. The largest absolute Gasteiger partial charge is 0.472 e. The third kappa shape index (κ3) is 65.6. The van der Waals surface area contributed by atoms with E-state index in [2.05, 4.69) is 67.8 Å². The molecule has 0 radical (unpaired) electrons. The van der Waals surface area contributed by atoms with Crippen LogP contribution < -0.4 is 5.32 Å². The molecule has 0 aliphatic carbocycles. The van der Waals surface area contributed by atoms with Gasteiger partial charge in [-0.15, -0.1) is 0 Å². The number of hydrogen-bond donors (Lipinski definition) is 3. The zero-order valence-electron chi connectivity index (χ0n) is 54.5. The van der Waals surface area contributed by atoms with Crippen LogP contribution in [0.5, 0.6) is 0 Å². The monoisotopic (exact) mass is 1160 g/mol. The number of aliphatic hydroxyl groups is 1. The van der Waals surface area contributed by atoms with Crippen LogP contribution in [0.15, 0.2) is 60.8 Å². The van der Waals surface area contributed by atoms with Gasteiger partial charge >= 0.3 is 7.82 Å². The van der Waals surface area contributed by atoms with Gasteiger partial charge in [0.1, 0.15) is 13.2 Å². The Balaban J connectivity index is 3.92. The Labute approximate surface area is 504 Å². The van der Waals surface area contributed by atoms with E-state index in [1.807, 2.05) is 27.2 Å². The molecule has 476 valence electrons. The van der Waals surface area contributed by atoms with Crippen molar-refractivity contribution in [2.24, 2.45) is 0 Å². The number of likely N-dealkylation sites (N-methyl/N-ethyl adjacent to an activating group) is 1. The summed E-state index contributed by atoms with van der Waals surface area (Å²) in [6, 6.07) is -0.863. The number of hydrogen-bond acceptors (Lipinski definition) is 5. The summed E-state index contributed by atoms with van der Waals surface area (Å²) >= 11 is 0. The molecule has 0 fully saturated rings. The third-order valence-electron chi connectivity index (χ3n) is 16.0. The molecular weight excluding hydrogens is 1020 g/mol. The van der Waals surface area contributed by atoms with Gasteiger partial charge in [-0.3, -0.25) is 13.8 Å². The fraction of sp³-hybridized carbons (Fsp3) is 0.847. The zero-order chi connectivity index (χ0) is 59.1. The molecule has 0 aromatic rings. The number of phosphoric acid groups is 1. The number of nitrogens with zero attached hydrogens (tertiary/aromatic N) is 1. The molecule has 0 bridgehead atoms. The van der Waals surface area contributed by atoms with E-state index in [1.165, 1.54) is 270 Å². The van der Waals surface area contributed by atoms with Crippen molar-refractivity contribution in [1.29, 1.82) is 0 Å². The van der Waals surface area contributed by atoms with E-state index in [0.29, 0.717) is 17.4 Å². The number of unbranched alkanes of at least 4 members (excludes halogenated alkanes) is 44. The van der Waals surface area contributed by atoms with Crippen LogP contribution in [0.1, 0.15) is 341 Å². The predicted molar refractivity (Wildman–Crippen MR) is 355 cm³/mol. The Bertz CT molecular complexity index is 1500.